The molecule has 1 saturated heterocycles. The minimum absolute atomic E-state index is 0.0544. The van der Waals surface area contributed by atoms with Crippen molar-refractivity contribution < 1.29 is 28.7 Å². The number of hydrogen-bond donors (Lipinski definition) is 0. The summed E-state index contributed by atoms with van der Waals surface area (Å²) in [5, 5.41) is 0. The predicted octanol–water partition coefficient (Wildman–Crippen LogP) is 0.422. The Morgan fingerprint density at radius 3 is 1.47 bits per heavy atom. The van der Waals surface area contributed by atoms with Gasteiger partial charge in [0.05, 0.1) is 6.42 Å². The molecule has 1 fully saturated rings. The fraction of sp³-hybridized carbons (Fsp3) is 0.273. The van der Waals surface area contributed by atoms with Gasteiger partial charge in [-0.2, -0.15) is 0 Å². The molecule has 0 aromatic heterocycles. The van der Waals surface area contributed by atoms with Crippen LogP contribution >= 0.6 is 0 Å². The average Bonchev–Trinajstić information content (AvgIpc) is 2.64. The minimum Gasteiger partial charge on any atom is -0.389 e. The first kappa shape index (κ1) is 12.8. The molecule has 0 saturated carbocycles. The summed E-state index contributed by atoms with van der Waals surface area (Å²) in [6, 6.07) is 0. The molecule has 0 atom stereocenters. The Kier molecular flexibility index (Phi) is 3.57. The Bertz CT molecular complexity index is 428. The van der Waals surface area contributed by atoms with Crippen LogP contribution < -0.4 is 0 Å². The van der Waals surface area contributed by atoms with Crippen molar-refractivity contribution >= 4 is 23.9 Å². The van der Waals surface area contributed by atoms with Gasteiger partial charge in [-0.3, -0.25) is 4.79 Å². The van der Waals surface area contributed by atoms with Gasteiger partial charge in [-0.1, -0.05) is 6.58 Å². The fourth-order valence-electron chi connectivity index (χ4n) is 1.00. The monoisotopic (exact) mass is 238 g/mol. The van der Waals surface area contributed by atoms with E-state index in [2.05, 4.69) is 16.1 Å². The lowest BCUT2D eigenvalue weighted by atomic mass is 10.2. The first-order valence-corrected chi connectivity index (χ1v) is 4.69. The third kappa shape index (κ3) is 2.87. The maximum Gasteiger partial charge on any atom is 0.342 e. The van der Waals surface area contributed by atoms with Crippen LogP contribution in [-0.4, -0.2) is 23.9 Å². The first-order chi connectivity index (χ1) is 7.82. The van der Waals surface area contributed by atoms with Gasteiger partial charge >= 0.3 is 23.9 Å². The van der Waals surface area contributed by atoms with E-state index in [1.807, 2.05) is 0 Å². The van der Waals surface area contributed by atoms with E-state index in [4.69, 9.17) is 0 Å². The quantitative estimate of drug-likeness (QED) is 0.345. The molecule has 6 heteroatoms. The summed E-state index contributed by atoms with van der Waals surface area (Å²) in [6.07, 6.45) is 0.0544. The van der Waals surface area contributed by atoms with Crippen LogP contribution in [0.3, 0.4) is 0 Å². The summed E-state index contributed by atoms with van der Waals surface area (Å²) in [4.78, 5) is 41.4. The van der Waals surface area contributed by atoms with Crippen LogP contribution in [0.2, 0.25) is 0 Å². The lowest BCUT2D eigenvalue weighted by Crippen LogP contribution is -2.00. The number of cyclic esters (lactones) is 4. The van der Waals surface area contributed by atoms with Gasteiger partial charge in [0.2, 0.25) is 0 Å². The van der Waals surface area contributed by atoms with Gasteiger partial charge in [0, 0.05) is 16.7 Å². The Labute approximate surface area is 96.9 Å². The van der Waals surface area contributed by atoms with Gasteiger partial charge in [-0.15, -0.1) is 0 Å². The molecule has 0 aromatic carbocycles. The molecular formula is C11H10O6. The van der Waals surface area contributed by atoms with Crippen molar-refractivity contribution in [2.24, 2.45) is 0 Å². The smallest absolute Gasteiger partial charge is 0.342 e. The van der Waals surface area contributed by atoms with Crippen molar-refractivity contribution in [2.75, 3.05) is 0 Å². The zero-order chi connectivity index (χ0) is 13.2. The Balaban J connectivity index is 0.000000171. The van der Waals surface area contributed by atoms with Crippen LogP contribution in [0, 0.1) is 0 Å². The minimum atomic E-state index is -0.588. The summed E-state index contributed by atoms with van der Waals surface area (Å²) >= 11 is 0. The third-order valence-electron chi connectivity index (χ3n) is 2.21. The standard InChI is InChI=1S/C6H6O3.C5H4O3/c1-3-4(2)6(8)9-5(3)7;1-3-2-4(6)8-5(3)7/h1-2H3;1-2H2. The first-order valence-electron chi connectivity index (χ1n) is 4.69. The Hall–Kier alpha value is -2.24. The van der Waals surface area contributed by atoms with Gasteiger partial charge < -0.3 is 9.47 Å². The van der Waals surface area contributed by atoms with E-state index in [9.17, 15) is 19.2 Å². The number of hydrogen-bond acceptors (Lipinski definition) is 6. The van der Waals surface area contributed by atoms with E-state index in [-0.39, 0.29) is 12.0 Å². The molecule has 2 rings (SSSR count). The lowest BCUT2D eigenvalue weighted by Gasteiger charge is -1.84. The largest absolute Gasteiger partial charge is 0.389 e. The van der Waals surface area contributed by atoms with Gasteiger partial charge in [0.1, 0.15) is 0 Å². The zero-order valence-electron chi connectivity index (χ0n) is 9.36. The molecule has 0 aromatic rings. The van der Waals surface area contributed by atoms with Crippen LogP contribution in [0.5, 0.6) is 0 Å². The molecule has 0 unspecified atom stereocenters. The SMILES string of the molecule is C=C1CC(=O)OC1=O.CC1=C(C)C(=O)OC1=O. The number of carbonyl (C=O) groups excluding carboxylic acids is 4. The number of carbonyl (C=O) groups is 4. The molecule has 6 nitrogen and oxygen atoms in total. The second-order valence-electron chi connectivity index (χ2n) is 3.47. The molecule has 0 bridgehead atoms. The van der Waals surface area contributed by atoms with E-state index in [0.717, 1.165) is 0 Å². The molecule has 0 N–H and O–H groups in total. The van der Waals surface area contributed by atoms with Gasteiger partial charge in [0.25, 0.3) is 0 Å². The van der Waals surface area contributed by atoms with Gasteiger partial charge in [-0.05, 0) is 13.8 Å². The average molecular weight is 238 g/mol. The molecule has 0 amide bonds. The van der Waals surface area contributed by atoms with Crippen molar-refractivity contribution in [3.05, 3.63) is 23.3 Å². The molecule has 90 valence electrons. The highest BCUT2D eigenvalue weighted by Gasteiger charge is 2.25. The highest BCUT2D eigenvalue weighted by Crippen LogP contribution is 2.14. The van der Waals surface area contributed by atoms with E-state index in [1.54, 1.807) is 13.8 Å². The van der Waals surface area contributed by atoms with Gasteiger partial charge in [0.15, 0.2) is 0 Å². The summed E-state index contributed by atoms with van der Waals surface area (Å²) in [5.41, 5.74) is 1.08. The summed E-state index contributed by atoms with van der Waals surface area (Å²) in [7, 11) is 0. The Morgan fingerprint density at radius 2 is 1.35 bits per heavy atom. The number of rotatable bonds is 0. The van der Waals surface area contributed by atoms with Crippen LogP contribution in [0.15, 0.2) is 23.3 Å². The normalized spacial score (nSPS) is 19.1. The molecule has 2 heterocycles. The highest BCUT2D eigenvalue weighted by atomic mass is 16.6. The number of esters is 4. The van der Waals surface area contributed by atoms with E-state index < -0.39 is 23.9 Å². The van der Waals surface area contributed by atoms with Crippen LogP contribution in [0.4, 0.5) is 0 Å². The molecule has 0 spiro atoms. The van der Waals surface area contributed by atoms with Crippen molar-refractivity contribution in [1.82, 2.24) is 0 Å². The second-order valence-corrected chi connectivity index (χ2v) is 3.47. The van der Waals surface area contributed by atoms with E-state index >= 15 is 0 Å². The van der Waals surface area contributed by atoms with E-state index in [0.29, 0.717) is 11.1 Å². The highest BCUT2D eigenvalue weighted by molar-refractivity contribution is 6.11. The fourth-order valence-corrected chi connectivity index (χ4v) is 1.00. The van der Waals surface area contributed by atoms with Crippen LogP contribution in [0.1, 0.15) is 20.3 Å². The summed E-state index contributed by atoms with van der Waals surface area (Å²) in [5.74, 6) is -2.12. The van der Waals surface area contributed by atoms with Crippen molar-refractivity contribution in [3.63, 3.8) is 0 Å². The maximum atomic E-state index is 10.5. The second kappa shape index (κ2) is 4.73. The predicted molar refractivity (Wildman–Crippen MR) is 54.3 cm³/mol. The van der Waals surface area contributed by atoms with Crippen molar-refractivity contribution in [3.8, 4) is 0 Å². The summed E-state index contributed by atoms with van der Waals surface area (Å²) < 4.78 is 8.33. The molecule has 2 aliphatic rings. The third-order valence-corrected chi connectivity index (χ3v) is 2.21. The van der Waals surface area contributed by atoms with Crippen molar-refractivity contribution in [2.45, 2.75) is 20.3 Å². The lowest BCUT2D eigenvalue weighted by molar-refractivity contribution is -0.152. The van der Waals surface area contributed by atoms with Crippen LogP contribution in [-0.2, 0) is 28.7 Å². The molecule has 0 radical (unpaired) electrons. The van der Waals surface area contributed by atoms with Gasteiger partial charge in [-0.25, -0.2) is 14.4 Å². The molecule has 2 aliphatic heterocycles. The molecule has 17 heavy (non-hydrogen) atoms. The molecular weight excluding hydrogens is 228 g/mol. The zero-order valence-corrected chi connectivity index (χ0v) is 9.36. The Morgan fingerprint density at radius 1 is 0.882 bits per heavy atom. The van der Waals surface area contributed by atoms with E-state index in [1.165, 1.54) is 0 Å². The number of ether oxygens (including phenoxy) is 2. The van der Waals surface area contributed by atoms with Crippen LogP contribution in [0.25, 0.3) is 0 Å². The molecule has 0 aliphatic carbocycles. The summed E-state index contributed by atoms with van der Waals surface area (Å²) in [6.45, 7) is 6.43. The van der Waals surface area contributed by atoms with Crippen molar-refractivity contribution in [1.29, 1.82) is 0 Å². The maximum absolute atomic E-state index is 10.5. The topological polar surface area (TPSA) is 86.7 Å².